The van der Waals surface area contributed by atoms with Crippen LogP contribution in [0.25, 0.3) is 0 Å². The lowest BCUT2D eigenvalue weighted by Crippen LogP contribution is -2.07. The number of methoxy groups -OCH3 is 1. The highest BCUT2D eigenvalue weighted by atomic mass is 16.5. The van der Waals surface area contributed by atoms with Gasteiger partial charge in [-0.05, 0) is 56.0 Å². The first-order valence-electron chi connectivity index (χ1n) is 6.50. The van der Waals surface area contributed by atoms with E-state index >= 15 is 0 Å². The average molecular weight is 235 g/mol. The van der Waals surface area contributed by atoms with E-state index in [0.717, 1.165) is 18.7 Å². The van der Waals surface area contributed by atoms with E-state index in [1.165, 1.54) is 24.0 Å². The maximum atomic E-state index is 5.48. The fraction of sp³-hybridized carbons (Fsp3) is 0.600. The monoisotopic (exact) mass is 235 g/mol. The summed E-state index contributed by atoms with van der Waals surface area (Å²) in [5, 5.41) is 3.18. The van der Waals surface area contributed by atoms with Gasteiger partial charge >= 0.3 is 0 Å². The van der Waals surface area contributed by atoms with E-state index in [1.54, 1.807) is 7.11 Å². The summed E-state index contributed by atoms with van der Waals surface area (Å²) in [7, 11) is 3.76. The molecule has 0 saturated heterocycles. The molecule has 0 fully saturated rings. The Balaban J connectivity index is 2.65. The van der Waals surface area contributed by atoms with E-state index < -0.39 is 0 Å². The van der Waals surface area contributed by atoms with Crippen LogP contribution < -0.4 is 10.1 Å². The maximum absolute atomic E-state index is 5.48. The first-order chi connectivity index (χ1) is 8.19. The van der Waals surface area contributed by atoms with Gasteiger partial charge in [0.2, 0.25) is 0 Å². The summed E-state index contributed by atoms with van der Waals surface area (Å²) >= 11 is 0. The molecule has 96 valence electrons. The van der Waals surface area contributed by atoms with Crippen molar-refractivity contribution in [3.63, 3.8) is 0 Å². The Morgan fingerprint density at radius 1 is 1.24 bits per heavy atom. The van der Waals surface area contributed by atoms with E-state index in [0.29, 0.717) is 5.92 Å². The summed E-state index contributed by atoms with van der Waals surface area (Å²) in [4.78, 5) is 0. The van der Waals surface area contributed by atoms with Crippen molar-refractivity contribution in [1.82, 2.24) is 5.32 Å². The van der Waals surface area contributed by atoms with Crippen molar-refractivity contribution >= 4 is 0 Å². The van der Waals surface area contributed by atoms with Crippen molar-refractivity contribution in [3.05, 3.63) is 29.3 Å². The van der Waals surface area contributed by atoms with Gasteiger partial charge in [-0.15, -0.1) is 0 Å². The molecule has 0 atom stereocenters. The number of hydrogen-bond acceptors (Lipinski definition) is 2. The first kappa shape index (κ1) is 14.0. The third kappa shape index (κ3) is 4.39. The van der Waals surface area contributed by atoms with Crippen molar-refractivity contribution < 1.29 is 4.74 Å². The smallest absolute Gasteiger partial charge is 0.122 e. The van der Waals surface area contributed by atoms with Crippen LogP contribution in [0, 0.1) is 0 Å². The zero-order valence-electron chi connectivity index (χ0n) is 11.5. The molecule has 17 heavy (non-hydrogen) atoms. The zero-order valence-corrected chi connectivity index (χ0v) is 11.5. The highest BCUT2D eigenvalue weighted by molar-refractivity contribution is 5.38. The van der Waals surface area contributed by atoms with Crippen LogP contribution in [-0.2, 0) is 6.42 Å². The quantitative estimate of drug-likeness (QED) is 0.732. The molecule has 0 heterocycles. The molecule has 0 aliphatic carbocycles. The third-order valence-corrected chi connectivity index (χ3v) is 3.10. The molecule has 0 aromatic heterocycles. The minimum absolute atomic E-state index is 0.558. The van der Waals surface area contributed by atoms with Crippen molar-refractivity contribution in [3.8, 4) is 5.75 Å². The predicted octanol–water partition coefficient (Wildman–Crippen LogP) is 3.36. The highest BCUT2D eigenvalue weighted by Crippen LogP contribution is 2.25. The molecular formula is C15H25NO. The summed E-state index contributed by atoms with van der Waals surface area (Å²) in [6, 6.07) is 6.62. The lowest BCUT2D eigenvalue weighted by Gasteiger charge is -2.12. The Morgan fingerprint density at radius 3 is 2.59 bits per heavy atom. The van der Waals surface area contributed by atoms with Gasteiger partial charge in [0.05, 0.1) is 7.11 Å². The van der Waals surface area contributed by atoms with Crippen LogP contribution in [0.3, 0.4) is 0 Å². The van der Waals surface area contributed by atoms with Gasteiger partial charge in [-0.3, -0.25) is 0 Å². The Hall–Kier alpha value is -1.02. The van der Waals surface area contributed by atoms with Gasteiger partial charge in [0.25, 0.3) is 0 Å². The summed E-state index contributed by atoms with van der Waals surface area (Å²) in [5.41, 5.74) is 2.67. The molecule has 0 bridgehead atoms. The number of nitrogens with one attached hydrogen (secondary N) is 1. The first-order valence-corrected chi connectivity index (χ1v) is 6.50. The van der Waals surface area contributed by atoms with Crippen molar-refractivity contribution in [1.29, 1.82) is 0 Å². The number of benzene rings is 1. The molecule has 0 saturated carbocycles. The second kappa shape index (κ2) is 7.33. The van der Waals surface area contributed by atoms with Crippen molar-refractivity contribution in [2.75, 3.05) is 20.7 Å². The molecule has 0 aliphatic rings. The molecule has 1 aromatic rings. The molecule has 0 radical (unpaired) electrons. The normalized spacial score (nSPS) is 10.9. The van der Waals surface area contributed by atoms with E-state index in [4.69, 9.17) is 4.74 Å². The van der Waals surface area contributed by atoms with Crippen LogP contribution in [0.4, 0.5) is 0 Å². The minimum atomic E-state index is 0.558. The van der Waals surface area contributed by atoms with Crippen LogP contribution in [-0.4, -0.2) is 20.7 Å². The van der Waals surface area contributed by atoms with Crippen LogP contribution in [0.2, 0.25) is 0 Å². The fourth-order valence-electron chi connectivity index (χ4n) is 1.94. The van der Waals surface area contributed by atoms with Gasteiger partial charge in [-0.25, -0.2) is 0 Å². The van der Waals surface area contributed by atoms with Gasteiger partial charge < -0.3 is 10.1 Å². The fourth-order valence-corrected chi connectivity index (χ4v) is 1.94. The van der Waals surface area contributed by atoms with Crippen LogP contribution in [0.5, 0.6) is 5.75 Å². The van der Waals surface area contributed by atoms with Gasteiger partial charge in [0.15, 0.2) is 0 Å². The van der Waals surface area contributed by atoms with Crippen LogP contribution in [0.1, 0.15) is 43.7 Å². The van der Waals surface area contributed by atoms with E-state index in [-0.39, 0.29) is 0 Å². The van der Waals surface area contributed by atoms with Gasteiger partial charge in [0.1, 0.15) is 5.75 Å². The van der Waals surface area contributed by atoms with Gasteiger partial charge in [-0.1, -0.05) is 26.0 Å². The van der Waals surface area contributed by atoms with Crippen molar-refractivity contribution in [2.45, 2.75) is 39.0 Å². The topological polar surface area (TPSA) is 21.3 Å². The lowest BCUT2D eigenvalue weighted by molar-refractivity contribution is 0.408. The summed E-state index contributed by atoms with van der Waals surface area (Å²) in [6.45, 7) is 5.51. The number of hydrogen-bond donors (Lipinski definition) is 1. The van der Waals surface area contributed by atoms with Crippen molar-refractivity contribution in [2.24, 2.45) is 0 Å². The molecule has 1 rings (SSSR count). The molecule has 1 N–H and O–H groups in total. The van der Waals surface area contributed by atoms with Gasteiger partial charge in [0, 0.05) is 0 Å². The largest absolute Gasteiger partial charge is 0.496 e. The Bertz CT molecular complexity index is 334. The molecular weight excluding hydrogens is 210 g/mol. The predicted molar refractivity (Wildman–Crippen MR) is 73.9 cm³/mol. The zero-order chi connectivity index (χ0) is 12.7. The number of ether oxygens (including phenoxy) is 1. The molecule has 0 spiro atoms. The van der Waals surface area contributed by atoms with E-state index in [1.807, 2.05) is 7.05 Å². The molecule has 0 unspecified atom stereocenters. The standard InChI is InChI=1S/C15H25NO/c1-12(2)14-9-8-13(15(11-14)17-4)7-5-6-10-16-3/h8-9,11-12,16H,5-7,10H2,1-4H3. The molecule has 0 amide bonds. The number of aryl methyl sites for hydroxylation is 1. The Labute approximate surface area is 105 Å². The minimum Gasteiger partial charge on any atom is -0.496 e. The van der Waals surface area contributed by atoms with Gasteiger partial charge in [-0.2, -0.15) is 0 Å². The van der Waals surface area contributed by atoms with E-state index in [9.17, 15) is 0 Å². The Morgan fingerprint density at radius 2 is 2.00 bits per heavy atom. The second-order valence-electron chi connectivity index (χ2n) is 4.79. The van der Waals surface area contributed by atoms with Crippen LogP contribution >= 0.6 is 0 Å². The highest BCUT2D eigenvalue weighted by Gasteiger charge is 2.06. The number of rotatable bonds is 7. The second-order valence-corrected chi connectivity index (χ2v) is 4.79. The summed E-state index contributed by atoms with van der Waals surface area (Å²) in [5.74, 6) is 1.60. The summed E-state index contributed by atoms with van der Waals surface area (Å²) < 4.78 is 5.48. The lowest BCUT2D eigenvalue weighted by atomic mass is 9.99. The maximum Gasteiger partial charge on any atom is 0.122 e. The molecule has 0 aliphatic heterocycles. The molecule has 2 heteroatoms. The van der Waals surface area contributed by atoms with E-state index in [2.05, 4.69) is 37.4 Å². The third-order valence-electron chi connectivity index (χ3n) is 3.10. The average Bonchev–Trinajstić information content (AvgIpc) is 2.34. The SMILES string of the molecule is CNCCCCc1ccc(C(C)C)cc1OC. The molecule has 2 nitrogen and oxygen atoms in total. The number of unbranched alkanes of at least 4 members (excludes halogenated alkanes) is 1. The Kier molecular flexibility index (Phi) is 6.06. The molecule has 1 aromatic carbocycles. The van der Waals surface area contributed by atoms with Crippen LogP contribution in [0.15, 0.2) is 18.2 Å². The summed E-state index contributed by atoms with van der Waals surface area (Å²) in [6.07, 6.45) is 3.52.